The third-order valence-corrected chi connectivity index (χ3v) is 6.71. The second-order valence-corrected chi connectivity index (χ2v) is 8.47. The van der Waals surface area contributed by atoms with Crippen molar-refractivity contribution in [3.8, 4) is 0 Å². The van der Waals surface area contributed by atoms with Crippen LogP contribution in [0.15, 0.2) is 47.1 Å². The maximum atomic E-state index is 12.6. The lowest BCUT2D eigenvalue weighted by molar-refractivity contribution is 0.0725. The lowest BCUT2D eigenvalue weighted by atomic mass is 10.1. The van der Waals surface area contributed by atoms with Crippen molar-refractivity contribution in [1.82, 2.24) is 4.90 Å². The number of sulfone groups is 1. The molecule has 0 N–H and O–H groups in total. The van der Waals surface area contributed by atoms with Gasteiger partial charge in [-0.05, 0) is 43.5 Å². The number of furan rings is 1. The minimum atomic E-state index is -3.26. The zero-order valence-electron chi connectivity index (χ0n) is 13.6. The van der Waals surface area contributed by atoms with Crippen molar-refractivity contribution < 1.29 is 17.6 Å². The Morgan fingerprint density at radius 3 is 2.50 bits per heavy atom. The van der Waals surface area contributed by atoms with Gasteiger partial charge in [0.25, 0.3) is 5.91 Å². The van der Waals surface area contributed by atoms with Gasteiger partial charge in [0, 0.05) is 18.7 Å². The van der Waals surface area contributed by atoms with Gasteiger partial charge in [-0.15, -0.1) is 0 Å². The SMILES string of the molecule is Cc1ccccc1C(=O)N1CCC(S(=O)(=O)Cc2ccco2)CC1. The van der Waals surface area contributed by atoms with Crippen LogP contribution >= 0.6 is 0 Å². The second-order valence-electron chi connectivity index (χ2n) is 6.19. The van der Waals surface area contributed by atoms with Crippen molar-refractivity contribution in [3.63, 3.8) is 0 Å². The van der Waals surface area contributed by atoms with Gasteiger partial charge in [-0.25, -0.2) is 8.42 Å². The molecule has 0 saturated carbocycles. The molecule has 1 aliphatic heterocycles. The number of carbonyl (C=O) groups is 1. The number of rotatable bonds is 4. The van der Waals surface area contributed by atoms with E-state index in [1.165, 1.54) is 6.26 Å². The van der Waals surface area contributed by atoms with Crippen LogP contribution in [0.4, 0.5) is 0 Å². The molecule has 5 nitrogen and oxygen atoms in total. The smallest absolute Gasteiger partial charge is 0.254 e. The second kappa shape index (κ2) is 6.81. The van der Waals surface area contributed by atoms with Crippen LogP contribution in [0.3, 0.4) is 0 Å². The highest BCUT2D eigenvalue weighted by molar-refractivity contribution is 7.91. The fourth-order valence-corrected chi connectivity index (χ4v) is 4.84. The summed E-state index contributed by atoms with van der Waals surface area (Å²) in [7, 11) is -3.26. The van der Waals surface area contributed by atoms with Crippen molar-refractivity contribution in [2.24, 2.45) is 0 Å². The molecule has 1 aromatic carbocycles. The number of likely N-dealkylation sites (tertiary alicyclic amines) is 1. The monoisotopic (exact) mass is 347 g/mol. The van der Waals surface area contributed by atoms with Crippen molar-refractivity contribution in [3.05, 3.63) is 59.5 Å². The van der Waals surface area contributed by atoms with Crippen LogP contribution in [0.25, 0.3) is 0 Å². The summed E-state index contributed by atoms with van der Waals surface area (Å²) in [6, 6.07) is 10.8. The molecule has 0 unspecified atom stereocenters. The van der Waals surface area contributed by atoms with Gasteiger partial charge in [-0.1, -0.05) is 18.2 Å². The Hall–Kier alpha value is -2.08. The van der Waals surface area contributed by atoms with E-state index < -0.39 is 15.1 Å². The van der Waals surface area contributed by atoms with Gasteiger partial charge in [0.15, 0.2) is 9.84 Å². The zero-order chi connectivity index (χ0) is 17.2. The van der Waals surface area contributed by atoms with E-state index >= 15 is 0 Å². The number of hydrogen-bond acceptors (Lipinski definition) is 4. The number of benzene rings is 1. The fraction of sp³-hybridized carbons (Fsp3) is 0.389. The lowest BCUT2D eigenvalue weighted by Crippen LogP contribution is -2.42. The first-order chi connectivity index (χ1) is 11.5. The van der Waals surface area contributed by atoms with Gasteiger partial charge >= 0.3 is 0 Å². The molecule has 0 aliphatic carbocycles. The first kappa shape index (κ1) is 16.8. The van der Waals surface area contributed by atoms with E-state index in [-0.39, 0.29) is 11.7 Å². The third kappa shape index (κ3) is 3.53. The van der Waals surface area contributed by atoms with Gasteiger partial charge in [0.2, 0.25) is 0 Å². The Kier molecular flexibility index (Phi) is 4.76. The summed E-state index contributed by atoms with van der Waals surface area (Å²) in [5, 5.41) is -0.413. The Morgan fingerprint density at radius 2 is 1.88 bits per heavy atom. The maximum Gasteiger partial charge on any atom is 0.254 e. The third-order valence-electron chi connectivity index (χ3n) is 4.54. The highest BCUT2D eigenvalue weighted by Crippen LogP contribution is 2.23. The molecule has 0 radical (unpaired) electrons. The molecule has 1 aliphatic rings. The summed E-state index contributed by atoms with van der Waals surface area (Å²) >= 11 is 0. The van der Waals surface area contributed by atoms with Crippen LogP contribution < -0.4 is 0 Å². The predicted octanol–water partition coefficient (Wildman–Crippen LogP) is 2.81. The molecule has 6 heteroatoms. The summed E-state index contributed by atoms with van der Waals surface area (Å²) in [6.45, 7) is 2.85. The molecule has 0 spiro atoms. The fourth-order valence-electron chi connectivity index (χ4n) is 3.11. The first-order valence-electron chi connectivity index (χ1n) is 8.06. The minimum Gasteiger partial charge on any atom is -0.468 e. The normalized spacial score (nSPS) is 16.3. The Morgan fingerprint density at radius 1 is 1.17 bits per heavy atom. The van der Waals surface area contributed by atoms with Gasteiger partial charge in [0.05, 0.1) is 11.5 Å². The molecule has 1 amide bonds. The summed E-state index contributed by atoms with van der Waals surface area (Å²) in [5.74, 6) is 0.375. The molecule has 3 rings (SSSR count). The Bertz CT molecular complexity index is 803. The zero-order valence-corrected chi connectivity index (χ0v) is 14.5. The van der Waals surface area contributed by atoms with Crippen molar-refractivity contribution in [2.75, 3.05) is 13.1 Å². The van der Waals surface area contributed by atoms with Gasteiger partial charge < -0.3 is 9.32 Å². The molecule has 2 heterocycles. The quantitative estimate of drug-likeness (QED) is 0.853. The number of amides is 1. The van der Waals surface area contributed by atoms with Crippen LogP contribution in [0.2, 0.25) is 0 Å². The predicted molar refractivity (Wildman–Crippen MR) is 91.4 cm³/mol. The number of carbonyl (C=O) groups excluding carboxylic acids is 1. The van der Waals surface area contributed by atoms with Crippen LogP contribution in [-0.4, -0.2) is 37.6 Å². The Labute approximate surface area is 142 Å². The summed E-state index contributed by atoms with van der Waals surface area (Å²) in [4.78, 5) is 14.3. The van der Waals surface area contributed by atoms with Gasteiger partial charge in [-0.2, -0.15) is 0 Å². The van der Waals surface area contributed by atoms with E-state index in [9.17, 15) is 13.2 Å². The minimum absolute atomic E-state index is 0.0185. The van der Waals surface area contributed by atoms with Crippen molar-refractivity contribution in [1.29, 1.82) is 0 Å². The van der Waals surface area contributed by atoms with E-state index in [1.54, 1.807) is 17.0 Å². The molecular weight excluding hydrogens is 326 g/mol. The molecule has 0 bridgehead atoms. The molecule has 1 fully saturated rings. The van der Waals surface area contributed by atoms with Crippen LogP contribution in [0.5, 0.6) is 0 Å². The van der Waals surface area contributed by atoms with E-state index in [4.69, 9.17) is 4.42 Å². The molecule has 2 aromatic rings. The summed E-state index contributed by atoms with van der Waals surface area (Å²) < 4.78 is 30.1. The highest BCUT2D eigenvalue weighted by atomic mass is 32.2. The summed E-state index contributed by atoms with van der Waals surface area (Å²) in [6.07, 6.45) is 2.43. The standard InChI is InChI=1S/C18H21NO4S/c1-14-5-2-3-7-17(14)18(20)19-10-8-16(9-11-19)24(21,22)13-15-6-4-12-23-15/h2-7,12,16H,8-11,13H2,1H3. The highest BCUT2D eigenvalue weighted by Gasteiger charge is 2.32. The number of aryl methyl sites for hydroxylation is 1. The number of hydrogen-bond donors (Lipinski definition) is 0. The number of piperidine rings is 1. The molecule has 1 aromatic heterocycles. The maximum absolute atomic E-state index is 12.6. The van der Waals surface area contributed by atoms with Crippen LogP contribution in [0.1, 0.15) is 34.5 Å². The van der Waals surface area contributed by atoms with E-state index in [0.717, 1.165) is 5.56 Å². The molecule has 1 saturated heterocycles. The van der Waals surface area contributed by atoms with E-state index in [1.807, 2.05) is 31.2 Å². The molecule has 24 heavy (non-hydrogen) atoms. The largest absolute Gasteiger partial charge is 0.468 e. The van der Waals surface area contributed by atoms with E-state index in [2.05, 4.69) is 0 Å². The van der Waals surface area contributed by atoms with E-state index in [0.29, 0.717) is 37.3 Å². The van der Waals surface area contributed by atoms with Gasteiger partial charge in [-0.3, -0.25) is 4.79 Å². The van der Waals surface area contributed by atoms with Crippen molar-refractivity contribution >= 4 is 15.7 Å². The first-order valence-corrected chi connectivity index (χ1v) is 9.78. The molecule has 0 atom stereocenters. The molecule has 128 valence electrons. The Balaban J connectivity index is 1.63. The number of nitrogens with zero attached hydrogens (tertiary/aromatic N) is 1. The molecular formula is C18H21NO4S. The lowest BCUT2D eigenvalue weighted by Gasteiger charge is -2.32. The van der Waals surface area contributed by atoms with Crippen LogP contribution in [0, 0.1) is 6.92 Å². The average Bonchev–Trinajstić information content (AvgIpc) is 3.07. The van der Waals surface area contributed by atoms with Gasteiger partial charge in [0.1, 0.15) is 11.5 Å². The summed E-state index contributed by atoms with van der Waals surface area (Å²) in [5.41, 5.74) is 1.63. The average molecular weight is 347 g/mol. The van der Waals surface area contributed by atoms with Crippen LogP contribution in [-0.2, 0) is 15.6 Å². The topological polar surface area (TPSA) is 67.6 Å². The van der Waals surface area contributed by atoms with Crippen molar-refractivity contribution in [2.45, 2.75) is 30.8 Å².